The zero-order chi connectivity index (χ0) is 27.3. The van der Waals surface area contributed by atoms with Gasteiger partial charge in [-0.1, -0.05) is 6.07 Å². The normalized spacial score (nSPS) is 11.5. The lowest BCUT2D eigenvalue weighted by atomic mass is 10.0. The first kappa shape index (κ1) is 27.6. The quantitative estimate of drug-likeness (QED) is 0.392. The van der Waals surface area contributed by atoms with E-state index in [0.717, 1.165) is 0 Å². The number of fused-ring (bicyclic) bond motifs is 1. The molecule has 37 heavy (non-hydrogen) atoms. The minimum Gasteiger partial charge on any atom is -0.491 e. The number of carbonyl (C=O) groups is 3. The van der Waals surface area contributed by atoms with E-state index in [-0.39, 0.29) is 24.8 Å². The van der Waals surface area contributed by atoms with Gasteiger partial charge in [-0.05, 0) is 59.2 Å². The maximum Gasteiger partial charge on any atom is 0.326 e. The van der Waals surface area contributed by atoms with Crippen LogP contribution < -0.4 is 20.7 Å². The summed E-state index contributed by atoms with van der Waals surface area (Å²) in [6.07, 6.45) is 1.37. The van der Waals surface area contributed by atoms with Crippen LogP contribution in [0.1, 0.15) is 56.2 Å². The third kappa shape index (κ3) is 7.50. The highest BCUT2D eigenvalue weighted by Crippen LogP contribution is 2.24. The number of amides is 3. The summed E-state index contributed by atoms with van der Waals surface area (Å²) >= 11 is 0. The second-order valence-corrected chi connectivity index (χ2v) is 9.85. The zero-order valence-electron chi connectivity index (χ0n) is 22.3. The van der Waals surface area contributed by atoms with Crippen LogP contribution in [0.2, 0.25) is 0 Å². The molecule has 0 aliphatic heterocycles. The minimum atomic E-state index is -0.706. The first-order valence-corrected chi connectivity index (χ1v) is 12.0. The number of urea groups is 1. The zero-order valence-corrected chi connectivity index (χ0v) is 22.3. The van der Waals surface area contributed by atoms with E-state index in [1.807, 2.05) is 20.8 Å². The summed E-state index contributed by atoms with van der Waals surface area (Å²) in [7, 11) is 1.75. The van der Waals surface area contributed by atoms with E-state index in [4.69, 9.17) is 9.47 Å². The van der Waals surface area contributed by atoms with Crippen LogP contribution in [-0.4, -0.2) is 50.9 Å². The Kier molecular flexibility index (Phi) is 8.49. The standard InChI is InChI=1S/C26H34N6O5/c1-15(2)36-18-10-8-9-17(11-18)29-25(35)30-24(34)20-13-28-23-22(16(3)31-32(23)7)19(20)12-27-14-21(33)37-26(4,5)6/h8-11,13,15,27H,12,14H2,1-7H3,(H2,29,30,34,35). The highest BCUT2D eigenvalue weighted by molar-refractivity contribution is 6.10. The lowest BCUT2D eigenvalue weighted by molar-refractivity contribution is -0.153. The highest BCUT2D eigenvalue weighted by Gasteiger charge is 2.22. The van der Waals surface area contributed by atoms with Crippen molar-refractivity contribution in [1.82, 2.24) is 25.4 Å². The van der Waals surface area contributed by atoms with Crippen molar-refractivity contribution < 1.29 is 23.9 Å². The second kappa shape index (κ2) is 11.4. The molecule has 0 fully saturated rings. The van der Waals surface area contributed by atoms with E-state index in [1.54, 1.807) is 56.8 Å². The Hall–Kier alpha value is -3.99. The van der Waals surface area contributed by atoms with Gasteiger partial charge in [0.1, 0.15) is 11.4 Å². The molecule has 3 aromatic rings. The van der Waals surface area contributed by atoms with Crippen LogP contribution in [0.5, 0.6) is 5.75 Å². The Morgan fingerprint density at radius 3 is 2.57 bits per heavy atom. The van der Waals surface area contributed by atoms with Crippen molar-refractivity contribution in [3.8, 4) is 5.75 Å². The number of nitrogens with zero attached hydrogens (tertiary/aromatic N) is 3. The molecule has 0 spiro atoms. The predicted molar refractivity (Wildman–Crippen MR) is 139 cm³/mol. The molecular formula is C26H34N6O5. The molecule has 198 valence electrons. The van der Waals surface area contributed by atoms with Crippen molar-refractivity contribution >= 4 is 34.6 Å². The molecule has 0 atom stereocenters. The first-order valence-electron chi connectivity index (χ1n) is 12.0. The van der Waals surface area contributed by atoms with Gasteiger partial charge in [-0.25, -0.2) is 9.78 Å². The molecule has 0 unspecified atom stereocenters. The molecule has 11 heteroatoms. The number of ether oxygens (including phenoxy) is 2. The molecule has 2 aromatic heterocycles. The van der Waals surface area contributed by atoms with Crippen LogP contribution in [-0.2, 0) is 23.1 Å². The largest absolute Gasteiger partial charge is 0.491 e. The van der Waals surface area contributed by atoms with Crippen LogP contribution in [0.3, 0.4) is 0 Å². The van der Waals surface area contributed by atoms with Gasteiger partial charge < -0.3 is 20.1 Å². The Labute approximate surface area is 215 Å². The number of aromatic nitrogens is 3. The number of imide groups is 1. The van der Waals surface area contributed by atoms with E-state index in [2.05, 4.69) is 26.0 Å². The van der Waals surface area contributed by atoms with Crippen molar-refractivity contribution in [2.24, 2.45) is 7.05 Å². The van der Waals surface area contributed by atoms with Crippen molar-refractivity contribution in [1.29, 1.82) is 0 Å². The summed E-state index contributed by atoms with van der Waals surface area (Å²) in [6, 6.07) is 6.18. The smallest absolute Gasteiger partial charge is 0.326 e. The molecule has 0 bridgehead atoms. The summed E-state index contributed by atoms with van der Waals surface area (Å²) < 4.78 is 12.6. The van der Waals surface area contributed by atoms with Gasteiger partial charge >= 0.3 is 12.0 Å². The number of anilines is 1. The monoisotopic (exact) mass is 510 g/mol. The maximum atomic E-state index is 13.1. The van der Waals surface area contributed by atoms with Crippen molar-refractivity contribution in [2.45, 2.75) is 59.8 Å². The Bertz CT molecular complexity index is 1310. The third-order valence-electron chi connectivity index (χ3n) is 5.06. The summed E-state index contributed by atoms with van der Waals surface area (Å²) in [5.41, 5.74) is 1.86. The van der Waals surface area contributed by atoms with Crippen LogP contribution in [0.4, 0.5) is 10.5 Å². The van der Waals surface area contributed by atoms with Crippen LogP contribution >= 0.6 is 0 Å². The molecule has 3 rings (SSSR count). The highest BCUT2D eigenvalue weighted by atomic mass is 16.6. The number of carbonyl (C=O) groups excluding carboxylic acids is 3. The van der Waals surface area contributed by atoms with Gasteiger partial charge in [0, 0.05) is 36.9 Å². The molecule has 0 radical (unpaired) electrons. The van der Waals surface area contributed by atoms with E-state index in [1.165, 1.54) is 6.20 Å². The Morgan fingerprint density at radius 1 is 1.16 bits per heavy atom. The van der Waals surface area contributed by atoms with Crippen molar-refractivity contribution in [3.63, 3.8) is 0 Å². The second-order valence-electron chi connectivity index (χ2n) is 9.85. The van der Waals surface area contributed by atoms with Gasteiger partial charge in [0.05, 0.1) is 23.9 Å². The molecule has 3 N–H and O–H groups in total. The van der Waals surface area contributed by atoms with E-state index >= 15 is 0 Å². The van der Waals surface area contributed by atoms with E-state index in [9.17, 15) is 14.4 Å². The van der Waals surface area contributed by atoms with Crippen LogP contribution in [0.15, 0.2) is 30.5 Å². The van der Waals surface area contributed by atoms with Gasteiger partial charge in [0.2, 0.25) is 0 Å². The fourth-order valence-electron chi connectivity index (χ4n) is 3.78. The SMILES string of the molecule is Cc1nn(C)c2ncc(C(=O)NC(=O)Nc3cccc(OC(C)C)c3)c(CNCC(=O)OC(C)(C)C)c12. The fraction of sp³-hybridized carbons (Fsp3) is 0.423. The molecular weight excluding hydrogens is 476 g/mol. The number of nitrogens with one attached hydrogen (secondary N) is 3. The minimum absolute atomic E-state index is 0.0219. The molecule has 3 amide bonds. The van der Waals surface area contributed by atoms with Crippen LogP contribution in [0, 0.1) is 6.92 Å². The molecule has 1 aromatic carbocycles. The topological polar surface area (TPSA) is 136 Å². The van der Waals surface area contributed by atoms with Gasteiger partial charge in [0.25, 0.3) is 5.91 Å². The van der Waals surface area contributed by atoms with Gasteiger partial charge in [-0.3, -0.25) is 19.6 Å². The van der Waals surface area contributed by atoms with Crippen LogP contribution in [0.25, 0.3) is 11.0 Å². The molecule has 0 saturated carbocycles. The summed E-state index contributed by atoms with van der Waals surface area (Å²) in [5.74, 6) is -0.465. The third-order valence-corrected chi connectivity index (χ3v) is 5.06. The fourth-order valence-corrected chi connectivity index (χ4v) is 3.78. The van der Waals surface area contributed by atoms with E-state index in [0.29, 0.717) is 33.7 Å². The predicted octanol–water partition coefficient (Wildman–Crippen LogP) is 3.46. The molecule has 0 aliphatic carbocycles. The average molecular weight is 511 g/mol. The first-order chi connectivity index (χ1) is 17.3. The Morgan fingerprint density at radius 2 is 1.89 bits per heavy atom. The van der Waals surface area contributed by atoms with Gasteiger partial charge in [-0.15, -0.1) is 0 Å². The van der Waals surface area contributed by atoms with Crippen molar-refractivity contribution in [3.05, 3.63) is 47.3 Å². The molecule has 0 aliphatic rings. The number of benzene rings is 1. The number of pyridine rings is 1. The van der Waals surface area contributed by atoms with E-state index < -0.39 is 23.5 Å². The number of esters is 1. The maximum absolute atomic E-state index is 13.1. The molecule has 0 saturated heterocycles. The number of hydrogen-bond donors (Lipinski definition) is 3. The van der Waals surface area contributed by atoms with Crippen molar-refractivity contribution in [2.75, 3.05) is 11.9 Å². The summed E-state index contributed by atoms with van der Waals surface area (Å²) in [6.45, 7) is 11.1. The lowest BCUT2D eigenvalue weighted by Crippen LogP contribution is -2.36. The lowest BCUT2D eigenvalue weighted by Gasteiger charge is -2.19. The van der Waals surface area contributed by atoms with Gasteiger partial charge in [0.15, 0.2) is 5.65 Å². The molecule has 11 nitrogen and oxygen atoms in total. The molecule has 2 heterocycles. The van der Waals surface area contributed by atoms with Gasteiger partial charge in [-0.2, -0.15) is 5.10 Å². The Balaban J connectivity index is 1.78. The average Bonchev–Trinajstić information content (AvgIpc) is 3.05. The number of rotatable bonds is 8. The summed E-state index contributed by atoms with van der Waals surface area (Å²) in [4.78, 5) is 42.3. The number of hydrogen-bond acceptors (Lipinski definition) is 8. The summed E-state index contributed by atoms with van der Waals surface area (Å²) in [5, 5.41) is 13.1. The number of aryl methyl sites for hydroxylation is 2.